The average molecular weight is 358 g/mol. The normalized spacial score (nSPS) is 15.1. The van der Waals surface area contributed by atoms with Crippen LogP contribution in [0.5, 0.6) is 0 Å². The first kappa shape index (κ1) is 15.3. The number of nitro groups is 1. The molecule has 0 aliphatic carbocycles. The largest absolute Gasteiger partial charge is 0.469 e. The molecular weight excluding hydrogens is 346 g/mol. The van der Waals surface area contributed by atoms with Gasteiger partial charge in [-0.05, 0) is 12.1 Å². The predicted octanol–water partition coefficient (Wildman–Crippen LogP) is 2.68. The number of methoxy groups -OCH3 is 1. The summed E-state index contributed by atoms with van der Waals surface area (Å²) in [6, 6.07) is 4.55. The lowest BCUT2D eigenvalue weighted by Crippen LogP contribution is -2.36. The number of halogens is 1. The minimum Gasteiger partial charge on any atom is -0.469 e. The number of carbonyl (C=O) groups is 1. The van der Waals surface area contributed by atoms with Crippen molar-refractivity contribution < 1.29 is 23.9 Å². The van der Waals surface area contributed by atoms with E-state index in [4.69, 9.17) is 9.47 Å². The molecule has 1 aliphatic rings. The molecule has 1 aromatic carbocycles. The zero-order chi connectivity index (χ0) is 15.5. The SMILES string of the molecule is COC(=O)CC1(Cc2cc(Br)ccc2[N+](=O)[O-])OC=CO1. The number of hydrogen-bond donors (Lipinski definition) is 0. The molecule has 7 nitrogen and oxygen atoms in total. The van der Waals surface area contributed by atoms with Crippen LogP contribution in [0.1, 0.15) is 12.0 Å². The highest BCUT2D eigenvalue weighted by molar-refractivity contribution is 9.10. The molecule has 1 aliphatic heterocycles. The van der Waals surface area contributed by atoms with Crippen molar-refractivity contribution in [3.63, 3.8) is 0 Å². The zero-order valence-corrected chi connectivity index (χ0v) is 12.7. The van der Waals surface area contributed by atoms with Crippen molar-refractivity contribution in [2.24, 2.45) is 0 Å². The summed E-state index contributed by atoms with van der Waals surface area (Å²) in [7, 11) is 1.25. The van der Waals surface area contributed by atoms with Crippen LogP contribution < -0.4 is 0 Å². The summed E-state index contributed by atoms with van der Waals surface area (Å²) in [6.07, 6.45) is 2.45. The minimum atomic E-state index is -1.32. The fraction of sp³-hybridized carbons (Fsp3) is 0.308. The molecule has 0 unspecified atom stereocenters. The third-order valence-electron chi connectivity index (χ3n) is 2.96. The second-order valence-electron chi connectivity index (χ2n) is 4.38. The van der Waals surface area contributed by atoms with Gasteiger partial charge in [0.1, 0.15) is 18.9 Å². The highest BCUT2D eigenvalue weighted by Crippen LogP contribution is 2.33. The van der Waals surface area contributed by atoms with Gasteiger partial charge in [-0.3, -0.25) is 14.9 Å². The lowest BCUT2D eigenvalue weighted by atomic mass is 10.0. The lowest BCUT2D eigenvalue weighted by Gasteiger charge is -2.26. The number of rotatable bonds is 5. The molecule has 0 radical (unpaired) electrons. The maximum absolute atomic E-state index is 11.5. The van der Waals surface area contributed by atoms with Gasteiger partial charge >= 0.3 is 5.97 Å². The van der Waals surface area contributed by atoms with Gasteiger partial charge in [-0.2, -0.15) is 0 Å². The van der Waals surface area contributed by atoms with Crippen molar-refractivity contribution in [1.82, 2.24) is 0 Å². The Labute approximate surface area is 128 Å². The molecule has 0 amide bonds. The molecule has 112 valence electrons. The molecule has 0 spiro atoms. The molecule has 1 heterocycles. The Bertz CT molecular complexity index is 592. The molecule has 0 N–H and O–H groups in total. The van der Waals surface area contributed by atoms with Gasteiger partial charge in [-0.15, -0.1) is 0 Å². The number of ether oxygens (including phenoxy) is 3. The molecule has 0 saturated carbocycles. The molecule has 2 rings (SSSR count). The third kappa shape index (κ3) is 3.52. The van der Waals surface area contributed by atoms with E-state index in [-0.39, 0.29) is 18.5 Å². The Balaban J connectivity index is 2.31. The number of esters is 1. The molecule has 21 heavy (non-hydrogen) atoms. The first-order chi connectivity index (χ1) is 9.96. The molecule has 1 aromatic rings. The van der Waals surface area contributed by atoms with Crippen LogP contribution in [0.25, 0.3) is 0 Å². The fourth-order valence-corrected chi connectivity index (χ4v) is 2.43. The van der Waals surface area contributed by atoms with Gasteiger partial charge in [0, 0.05) is 16.1 Å². The summed E-state index contributed by atoms with van der Waals surface area (Å²) < 4.78 is 16.0. The van der Waals surface area contributed by atoms with Crippen molar-refractivity contribution in [1.29, 1.82) is 0 Å². The Hall–Kier alpha value is -2.09. The Morgan fingerprint density at radius 3 is 2.67 bits per heavy atom. The zero-order valence-electron chi connectivity index (χ0n) is 11.1. The van der Waals surface area contributed by atoms with Crippen LogP contribution in [0.3, 0.4) is 0 Å². The fourth-order valence-electron chi connectivity index (χ4n) is 2.02. The van der Waals surface area contributed by atoms with Crippen molar-refractivity contribution in [2.75, 3.05) is 7.11 Å². The molecule has 0 atom stereocenters. The van der Waals surface area contributed by atoms with Crippen molar-refractivity contribution in [2.45, 2.75) is 18.6 Å². The molecule has 0 fully saturated rings. The summed E-state index contributed by atoms with van der Waals surface area (Å²) in [5.41, 5.74) is 0.323. The van der Waals surface area contributed by atoms with Crippen LogP contribution in [-0.4, -0.2) is 23.8 Å². The van der Waals surface area contributed by atoms with Gasteiger partial charge in [0.2, 0.25) is 0 Å². The van der Waals surface area contributed by atoms with E-state index < -0.39 is 16.7 Å². The van der Waals surface area contributed by atoms with Crippen molar-refractivity contribution in [3.05, 3.63) is 50.9 Å². The summed E-state index contributed by atoms with van der Waals surface area (Å²) in [5.74, 6) is -1.85. The van der Waals surface area contributed by atoms with Gasteiger partial charge in [0.05, 0.1) is 18.5 Å². The second kappa shape index (κ2) is 6.13. The first-order valence-corrected chi connectivity index (χ1v) is 6.75. The van der Waals surface area contributed by atoms with E-state index in [0.29, 0.717) is 10.0 Å². The van der Waals surface area contributed by atoms with E-state index in [1.54, 1.807) is 12.1 Å². The van der Waals surface area contributed by atoms with Crippen LogP contribution in [0.15, 0.2) is 35.2 Å². The van der Waals surface area contributed by atoms with E-state index in [1.165, 1.54) is 25.7 Å². The molecule has 0 aromatic heterocycles. The summed E-state index contributed by atoms with van der Waals surface area (Å²) >= 11 is 3.27. The third-order valence-corrected chi connectivity index (χ3v) is 3.45. The first-order valence-electron chi connectivity index (χ1n) is 5.96. The predicted molar refractivity (Wildman–Crippen MR) is 75.2 cm³/mol. The van der Waals surface area contributed by atoms with Crippen molar-refractivity contribution >= 4 is 27.6 Å². The number of hydrogen-bond acceptors (Lipinski definition) is 6. The van der Waals surface area contributed by atoms with E-state index in [0.717, 1.165) is 0 Å². The smallest absolute Gasteiger partial charge is 0.313 e. The van der Waals surface area contributed by atoms with E-state index in [1.807, 2.05) is 0 Å². The summed E-state index contributed by atoms with van der Waals surface area (Å²) in [4.78, 5) is 22.1. The second-order valence-corrected chi connectivity index (χ2v) is 5.29. The highest BCUT2D eigenvalue weighted by atomic mass is 79.9. The Kier molecular flexibility index (Phi) is 4.46. The van der Waals surface area contributed by atoms with E-state index in [2.05, 4.69) is 20.7 Å². The van der Waals surface area contributed by atoms with E-state index >= 15 is 0 Å². The number of benzene rings is 1. The number of carbonyl (C=O) groups excluding carboxylic acids is 1. The molecule has 0 saturated heterocycles. The summed E-state index contributed by atoms with van der Waals surface area (Å²) in [5, 5.41) is 11.1. The number of nitro benzene ring substituents is 1. The lowest BCUT2D eigenvalue weighted by molar-refractivity contribution is -0.386. The average Bonchev–Trinajstić information content (AvgIpc) is 2.86. The van der Waals surface area contributed by atoms with Crippen LogP contribution in [0.4, 0.5) is 5.69 Å². The van der Waals surface area contributed by atoms with E-state index in [9.17, 15) is 14.9 Å². The Morgan fingerprint density at radius 2 is 2.10 bits per heavy atom. The van der Waals surface area contributed by atoms with Crippen molar-refractivity contribution in [3.8, 4) is 0 Å². The van der Waals surface area contributed by atoms with Crippen LogP contribution in [0.2, 0.25) is 0 Å². The standard InChI is InChI=1S/C13H12BrNO6/c1-19-12(16)8-13(20-4-5-21-13)7-9-6-10(14)2-3-11(9)15(17)18/h2-6H,7-8H2,1H3. The van der Waals surface area contributed by atoms with Gasteiger partial charge in [0.25, 0.3) is 11.5 Å². The van der Waals surface area contributed by atoms with Gasteiger partial charge < -0.3 is 14.2 Å². The molecule has 0 bridgehead atoms. The number of nitrogens with zero attached hydrogens (tertiary/aromatic N) is 1. The van der Waals surface area contributed by atoms with Gasteiger partial charge in [-0.1, -0.05) is 15.9 Å². The highest BCUT2D eigenvalue weighted by Gasteiger charge is 2.41. The maximum Gasteiger partial charge on any atom is 0.313 e. The maximum atomic E-state index is 11.5. The molecular formula is C13H12BrNO6. The monoisotopic (exact) mass is 357 g/mol. The van der Waals surface area contributed by atoms with Crippen LogP contribution in [0, 0.1) is 10.1 Å². The Morgan fingerprint density at radius 1 is 1.43 bits per heavy atom. The minimum absolute atomic E-state index is 0.0326. The quantitative estimate of drug-likeness (QED) is 0.457. The van der Waals surface area contributed by atoms with Crippen LogP contribution in [-0.2, 0) is 25.4 Å². The van der Waals surface area contributed by atoms with Crippen LogP contribution >= 0.6 is 15.9 Å². The molecule has 8 heteroatoms. The van der Waals surface area contributed by atoms with Gasteiger partial charge in [0.15, 0.2) is 0 Å². The summed E-state index contributed by atoms with van der Waals surface area (Å²) in [6.45, 7) is 0. The van der Waals surface area contributed by atoms with Gasteiger partial charge in [-0.25, -0.2) is 0 Å². The topological polar surface area (TPSA) is 87.9 Å².